The molecule has 1 aliphatic heterocycles. The summed E-state index contributed by atoms with van der Waals surface area (Å²) < 4.78 is 5.39. The third-order valence-electron chi connectivity index (χ3n) is 2.95. The fraction of sp³-hybridized carbons (Fsp3) is 0.818. The highest BCUT2D eigenvalue weighted by atomic mass is 16.5. The van der Waals surface area contributed by atoms with E-state index in [-0.39, 0.29) is 12.0 Å². The second-order valence-corrected chi connectivity index (χ2v) is 3.96. The Hall–Kier alpha value is -1.08. The Labute approximate surface area is 90.6 Å². The summed E-state index contributed by atoms with van der Waals surface area (Å²) in [6.07, 6.45) is 1.77. The minimum absolute atomic E-state index is 0.154. The first kappa shape index (κ1) is 12.0. The van der Waals surface area contributed by atoms with Crippen molar-refractivity contribution in [1.82, 2.24) is 5.32 Å². The minimum Gasteiger partial charge on any atom is -0.378 e. The van der Waals surface area contributed by atoms with Crippen molar-refractivity contribution in [3.63, 3.8) is 0 Å². The van der Waals surface area contributed by atoms with Crippen LogP contribution in [0.3, 0.4) is 0 Å². The highest BCUT2D eigenvalue weighted by molar-refractivity contribution is 5.80. The van der Waals surface area contributed by atoms with E-state index in [1.165, 1.54) is 0 Å². The minimum atomic E-state index is -0.511. The molecule has 4 heteroatoms. The van der Waals surface area contributed by atoms with Gasteiger partial charge in [-0.1, -0.05) is 6.92 Å². The predicted octanol–water partition coefficient (Wildman–Crippen LogP) is 1.08. The van der Waals surface area contributed by atoms with Gasteiger partial charge < -0.3 is 10.1 Å². The number of hydrogen-bond acceptors (Lipinski definition) is 3. The normalized spacial score (nSPS) is 27.0. The van der Waals surface area contributed by atoms with E-state index in [4.69, 9.17) is 10.00 Å². The van der Waals surface area contributed by atoms with Gasteiger partial charge in [0.25, 0.3) is 0 Å². The van der Waals surface area contributed by atoms with Crippen LogP contribution in [0.5, 0.6) is 0 Å². The lowest BCUT2D eigenvalue weighted by Crippen LogP contribution is -2.35. The van der Waals surface area contributed by atoms with Gasteiger partial charge in [-0.3, -0.25) is 4.79 Å². The Kier molecular flexibility index (Phi) is 4.57. The average molecular weight is 210 g/mol. The predicted molar refractivity (Wildman–Crippen MR) is 55.9 cm³/mol. The van der Waals surface area contributed by atoms with Crippen molar-refractivity contribution in [2.24, 2.45) is 11.8 Å². The quantitative estimate of drug-likeness (QED) is 0.755. The zero-order chi connectivity index (χ0) is 11.3. The largest absolute Gasteiger partial charge is 0.378 e. The molecule has 0 radical (unpaired) electrons. The van der Waals surface area contributed by atoms with Crippen LogP contribution in [-0.4, -0.2) is 25.2 Å². The SMILES string of the molecule is CCC(C#N)C(=O)NCC1CCOC1C. The van der Waals surface area contributed by atoms with Gasteiger partial charge in [0.2, 0.25) is 5.91 Å². The number of amides is 1. The third kappa shape index (κ3) is 3.21. The molecular weight excluding hydrogens is 192 g/mol. The van der Waals surface area contributed by atoms with Crippen LogP contribution in [0.15, 0.2) is 0 Å². The van der Waals surface area contributed by atoms with Crippen LogP contribution in [0.2, 0.25) is 0 Å². The maximum Gasteiger partial charge on any atom is 0.237 e. The van der Waals surface area contributed by atoms with E-state index in [0.717, 1.165) is 13.0 Å². The molecule has 3 atom stereocenters. The monoisotopic (exact) mass is 210 g/mol. The van der Waals surface area contributed by atoms with E-state index < -0.39 is 5.92 Å². The first-order valence-corrected chi connectivity index (χ1v) is 5.48. The van der Waals surface area contributed by atoms with Crippen molar-refractivity contribution in [3.05, 3.63) is 0 Å². The van der Waals surface area contributed by atoms with E-state index in [2.05, 4.69) is 5.32 Å². The fourth-order valence-corrected chi connectivity index (χ4v) is 1.73. The van der Waals surface area contributed by atoms with E-state index in [1.807, 2.05) is 19.9 Å². The molecule has 1 amide bonds. The van der Waals surface area contributed by atoms with Crippen LogP contribution in [0.4, 0.5) is 0 Å². The summed E-state index contributed by atoms with van der Waals surface area (Å²) in [4.78, 5) is 11.5. The highest BCUT2D eigenvalue weighted by Crippen LogP contribution is 2.19. The second kappa shape index (κ2) is 5.72. The molecular formula is C11H18N2O2. The number of nitrogens with one attached hydrogen (secondary N) is 1. The van der Waals surface area contributed by atoms with E-state index >= 15 is 0 Å². The number of carbonyl (C=O) groups excluding carboxylic acids is 1. The summed E-state index contributed by atoms with van der Waals surface area (Å²) >= 11 is 0. The van der Waals surface area contributed by atoms with Crippen LogP contribution >= 0.6 is 0 Å². The zero-order valence-electron chi connectivity index (χ0n) is 9.32. The van der Waals surface area contributed by atoms with Crippen molar-refractivity contribution in [2.75, 3.05) is 13.2 Å². The van der Waals surface area contributed by atoms with Crippen molar-refractivity contribution < 1.29 is 9.53 Å². The molecule has 1 heterocycles. The molecule has 0 aliphatic carbocycles. The smallest absolute Gasteiger partial charge is 0.237 e. The summed E-state index contributed by atoms with van der Waals surface area (Å²) in [7, 11) is 0. The number of nitrogens with zero attached hydrogens (tertiary/aromatic N) is 1. The molecule has 0 saturated carbocycles. The van der Waals surface area contributed by atoms with Crippen molar-refractivity contribution in [3.8, 4) is 6.07 Å². The summed E-state index contributed by atoms with van der Waals surface area (Å²) in [5.41, 5.74) is 0. The van der Waals surface area contributed by atoms with Crippen LogP contribution < -0.4 is 5.32 Å². The number of nitriles is 1. The fourth-order valence-electron chi connectivity index (χ4n) is 1.73. The Morgan fingerprint density at radius 3 is 2.93 bits per heavy atom. The Morgan fingerprint density at radius 1 is 1.73 bits per heavy atom. The molecule has 84 valence electrons. The zero-order valence-corrected chi connectivity index (χ0v) is 9.32. The van der Waals surface area contributed by atoms with Gasteiger partial charge in [0.1, 0.15) is 5.92 Å². The van der Waals surface area contributed by atoms with Crippen molar-refractivity contribution in [1.29, 1.82) is 5.26 Å². The van der Waals surface area contributed by atoms with Crippen molar-refractivity contribution in [2.45, 2.75) is 32.8 Å². The number of rotatable bonds is 4. The molecule has 4 nitrogen and oxygen atoms in total. The molecule has 1 saturated heterocycles. The van der Waals surface area contributed by atoms with E-state index in [9.17, 15) is 4.79 Å². The van der Waals surface area contributed by atoms with Crippen molar-refractivity contribution >= 4 is 5.91 Å². The number of ether oxygens (including phenoxy) is 1. The van der Waals surface area contributed by atoms with Gasteiger partial charge >= 0.3 is 0 Å². The Bertz CT molecular complexity index is 260. The van der Waals surface area contributed by atoms with Crippen LogP contribution in [0, 0.1) is 23.2 Å². The lowest BCUT2D eigenvalue weighted by Gasteiger charge is -2.15. The van der Waals surface area contributed by atoms with Gasteiger partial charge in [0.15, 0.2) is 0 Å². The molecule has 1 aliphatic rings. The van der Waals surface area contributed by atoms with Gasteiger partial charge in [-0.2, -0.15) is 5.26 Å². The first-order chi connectivity index (χ1) is 7.19. The van der Waals surface area contributed by atoms with Gasteiger partial charge in [0, 0.05) is 19.1 Å². The molecule has 3 unspecified atom stereocenters. The van der Waals surface area contributed by atoms with Crippen LogP contribution in [0.1, 0.15) is 26.7 Å². The summed E-state index contributed by atoms with van der Waals surface area (Å²) in [5, 5.41) is 11.5. The highest BCUT2D eigenvalue weighted by Gasteiger charge is 2.25. The molecule has 0 aromatic heterocycles. The topological polar surface area (TPSA) is 62.1 Å². The average Bonchev–Trinajstić information content (AvgIpc) is 2.63. The van der Waals surface area contributed by atoms with Gasteiger partial charge in [-0.15, -0.1) is 0 Å². The first-order valence-electron chi connectivity index (χ1n) is 5.48. The molecule has 0 bridgehead atoms. The molecule has 0 aromatic carbocycles. The summed E-state index contributed by atoms with van der Waals surface area (Å²) in [5.74, 6) is -0.271. The number of carbonyl (C=O) groups is 1. The molecule has 1 N–H and O–H groups in total. The van der Waals surface area contributed by atoms with E-state index in [0.29, 0.717) is 18.9 Å². The van der Waals surface area contributed by atoms with Gasteiger partial charge in [-0.05, 0) is 19.8 Å². The Morgan fingerprint density at radius 2 is 2.47 bits per heavy atom. The summed E-state index contributed by atoms with van der Waals surface area (Å²) in [6, 6.07) is 1.99. The maximum absolute atomic E-state index is 11.5. The lowest BCUT2D eigenvalue weighted by atomic mass is 10.0. The molecule has 1 rings (SSSR count). The van der Waals surface area contributed by atoms with Gasteiger partial charge in [0.05, 0.1) is 12.2 Å². The van der Waals surface area contributed by atoms with Gasteiger partial charge in [-0.25, -0.2) is 0 Å². The van der Waals surface area contributed by atoms with Crippen LogP contribution in [-0.2, 0) is 9.53 Å². The van der Waals surface area contributed by atoms with E-state index in [1.54, 1.807) is 0 Å². The Balaban J connectivity index is 2.30. The lowest BCUT2D eigenvalue weighted by molar-refractivity contribution is -0.123. The second-order valence-electron chi connectivity index (χ2n) is 3.96. The maximum atomic E-state index is 11.5. The standard InChI is InChI=1S/C11H18N2O2/c1-3-9(6-12)11(14)13-7-10-4-5-15-8(10)2/h8-10H,3-5,7H2,1-2H3,(H,13,14). The third-order valence-corrected chi connectivity index (χ3v) is 2.95. The molecule has 15 heavy (non-hydrogen) atoms. The summed E-state index contributed by atoms with van der Waals surface area (Å²) in [6.45, 7) is 5.26. The number of hydrogen-bond donors (Lipinski definition) is 1. The molecule has 1 fully saturated rings. The molecule has 0 aromatic rings. The molecule has 0 spiro atoms. The van der Waals surface area contributed by atoms with Crippen LogP contribution in [0.25, 0.3) is 0 Å².